The third kappa shape index (κ3) is 2.15. The van der Waals surface area contributed by atoms with Gasteiger partial charge in [0.15, 0.2) is 0 Å². The van der Waals surface area contributed by atoms with E-state index >= 15 is 0 Å². The molecule has 0 saturated carbocycles. The van der Waals surface area contributed by atoms with Gasteiger partial charge in [-0.25, -0.2) is 4.98 Å². The Morgan fingerprint density at radius 2 is 2.12 bits per heavy atom. The molecular weight excluding hydrogens is 235 g/mol. The van der Waals surface area contributed by atoms with Crippen molar-refractivity contribution in [2.45, 2.75) is 19.5 Å². The van der Waals surface area contributed by atoms with Crippen LogP contribution in [0.25, 0.3) is 11.1 Å². The Kier molecular flexibility index (Phi) is 2.65. The molecule has 0 aliphatic carbocycles. The second-order valence-corrected chi connectivity index (χ2v) is 3.61. The first-order valence-corrected chi connectivity index (χ1v) is 4.82. The van der Waals surface area contributed by atoms with Crippen molar-refractivity contribution in [3.8, 4) is 0 Å². The summed E-state index contributed by atoms with van der Waals surface area (Å²) in [5.74, 6) is 0.179. The van der Waals surface area contributed by atoms with Crippen LogP contribution in [0.2, 0.25) is 0 Å². The number of pyridine rings is 1. The zero-order valence-corrected chi connectivity index (χ0v) is 8.84. The zero-order chi connectivity index (χ0) is 12.6. The van der Waals surface area contributed by atoms with Crippen molar-refractivity contribution in [3.63, 3.8) is 0 Å². The van der Waals surface area contributed by atoms with Gasteiger partial charge in [-0.2, -0.15) is 13.2 Å². The molecule has 2 heterocycles. The van der Waals surface area contributed by atoms with Gasteiger partial charge < -0.3 is 9.21 Å². The molecular formula is C11H8F3NO2. The number of rotatable bonds is 2. The smallest absolute Gasteiger partial charge is 0.417 e. The lowest BCUT2D eigenvalue weighted by atomic mass is 10.1. The van der Waals surface area contributed by atoms with E-state index in [9.17, 15) is 18.0 Å². The lowest BCUT2D eigenvalue weighted by Gasteiger charge is -2.07. The maximum Gasteiger partial charge on any atom is 0.417 e. The minimum Gasteiger partial charge on any atom is -0.442 e. The number of carbonyl (C=O) groups excluding carboxylic acids is 1. The van der Waals surface area contributed by atoms with Gasteiger partial charge in [-0.05, 0) is 19.1 Å². The largest absolute Gasteiger partial charge is 0.442 e. The number of hydrogen-bond acceptors (Lipinski definition) is 3. The molecule has 0 unspecified atom stereocenters. The van der Waals surface area contributed by atoms with Crippen molar-refractivity contribution in [2.75, 3.05) is 0 Å². The number of hydrogen-bond donors (Lipinski definition) is 0. The number of aryl methyl sites for hydroxylation is 1. The number of carbonyl (C=O) groups is 1. The van der Waals surface area contributed by atoms with E-state index in [-0.39, 0.29) is 29.0 Å². The third-order valence-electron chi connectivity index (χ3n) is 2.27. The van der Waals surface area contributed by atoms with E-state index < -0.39 is 11.7 Å². The standard InChI is InChI=1S/C11H8F3NO2/c1-6-4-9(11(12,13)14)8-5-7(2-3-16)17-10(8)15-6/h3-5H,2H2,1H3. The lowest BCUT2D eigenvalue weighted by Crippen LogP contribution is -2.06. The predicted octanol–water partition coefficient (Wildman–Crippen LogP) is 2.90. The van der Waals surface area contributed by atoms with Gasteiger partial charge in [0.1, 0.15) is 12.0 Å². The fourth-order valence-electron chi connectivity index (χ4n) is 1.60. The molecule has 90 valence electrons. The van der Waals surface area contributed by atoms with Crippen LogP contribution < -0.4 is 0 Å². The molecule has 2 aromatic rings. The first kappa shape index (κ1) is 11.6. The van der Waals surface area contributed by atoms with E-state index in [0.717, 1.165) is 6.07 Å². The van der Waals surface area contributed by atoms with Gasteiger partial charge >= 0.3 is 6.18 Å². The third-order valence-corrected chi connectivity index (χ3v) is 2.27. The molecule has 17 heavy (non-hydrogen) atoms. The average molecular weight is 243 g/mol. The van der Waals surface area contributed by atoms with Gasteiger partial charge in [-0.1, -0.05) is 0 Å². The van der Waals surface area contributed by atoms with Gasteiger partial charge in [0.05, 0.1) is 17.4 Å². The summed E-state index contributed by atoms with van der Waals surface area (Å²) in [6, 6.07) is 2.17. The number of halogens is 3. The number of furan rings is 1. The van der Waals surface area contributed by atoms with E-state index in [0.29, 0.717) is 6.29 Å². The summed E-state index contributed by atoms with van der Waals surface area (Å²) in [5.41, 5.74) is -0.660. The van der Waals surface area contributed by atoms with E-state index in [1.165, 1.54) is 13.0 Å². The van der Waals surface area contributed by atoms with Gasteiger partial charge in [-0.15, -0.1) is 0 Å². The molecule has 2 rings (SSSR count). The molecule has 0 fully saturated rings. The molecule has 0 N–H and O–H groups in total. The minimum atomic E-state index is -4.46. The molecule has 0 atom stereocenters. The van der Waals surface area contributed by atoms with Gasteiger partial charge in [0.2, 0.25) is 5.71 Å². The van der Waals surface area contributed by atoms with Crippen LogP contribution in [0.4, 0.5) is 13.2 Å². The summed E-state index contributed by atoms with van der Waals surface area (Å²) in [5, 5.41) is -0.111. The fourth-order valence-corrected chi connectivity index (χ4v) is 1.60. The Labute approximate surface area is 94.2 Å². The molecule has 2 aromatic heterocycles. The Morgan fingerprint density at radius 1 is 1.41 bits per heavy atom. The summed E-state index contributed by atoms with van der Waals surface area (Å²) in [7, 11) is 0. The Bertz CT molecular complexity index is 572. The monoisotopic (exact) mass is 243 g/mol. The summed E-state index contributed by atoms with van der Waals surface area (Å²) < 4.78 is 43.3. The van der Waals surface area contributed by atoms with E-state index in [2.05, 4.69) is 4.98 Å². The molecule has 0 aromatic carbocycles. The maximum atomic E-state index is 12.8. The van der Waals surface area contributed by atoms with Gasteiger partial charge in [0.25, 0.3) is 0 Å². The molecule has 0 amide bonds. The van der Waals surface area contributed by atoms with Crippen LogP contribution in [-0.2, 0) is 17.4 Å². The molecule has 0 radical (unpaired) electrons. The summed E-state index contributed by atoms with van der Waals surface area (Å²) >= 11 is 0. The highest BCUT2D eigenvalue weighted by Gasteiger charge is 2.34. The first-order chi connectivity index (χ1) is 7.91. The van der Waals surface area contributed by atoms with Crippen LogP contribution in [0.5, 0.6) is 0 Å². The second-order valence-electron chi connectivity index (χ2n) is 3.61. The van der Waals surface area contributed by atoms with Crippen LogP contribution in [0.3, 0.4) is 0 Å². The van der Waals surface area contributed by atoms with Crippen LogP contribution >= 0.6 is 0 Å². The van der Waals surface area contributed by atoms with E-state index in [4.69, 9.17) is 4.42 Å². The zero-order valence-electron chi connectivity index (χ0n) is 8.84. The summed E-state index contributed by atoms with van der Waals surface area (Å²) in [4.78, 5) is 14.2. The Hall–Kier alpha value is -1.85. The molecule has 0 aliphatic heterocycles. The maximum absolute atomic E-state index is 12.8. The second kappa shape index (κ2) is 3.87. The van der Waals surface area contributed by atoms with Gasteiger partial charge in [-0.3, -0.25) is 0 Å². The van der Waals surface area contributed by atoms with Crippen LogP contribution in [0.1, 0.15) is 17.0 Å². The first-order valence-electron chi connectivity index (χ1n) is 4.82. The Morgan fingerprint density at radius 3 is 2.71 bits per heavy atom. The van der Waals surface area contributed by atoms with Crippen LogP contribution in [0, 0.1) is 6.92 Å². The van der Waals surface area contributed by atoms with Crippen molar-refractivity contribution >= 4 is 17.4 Å². The lowest BCUT2D eigenvalue weighted by molar-refractivity contribution is -0.136. The minimum absolute atomic E-state index is 0.0628. The number of aromatic nitrogens is 1. The highest BCUT2D eigenvalue weighted by molar-refractivity contribution is 5.80. The van der Waals surface area contributed by atoms with Crippen molar-refractivity contribution in [3.05, 3.63) is 29.2 Å². The average Bonchev–Trinajstić information content (AvgIpc) is 2.57. The molecule has 0 aliphatic rings. The van der Waals surface area contributed by atoms with Crippen molar-refractivity contribution in [1.29, 1.82) is 0 Å². The fraction of sp³-hybridized carbons (Fsp3) is 0.273. The molecule has 0 bridgehead atoms. The van der Waals surface area contributed by atoms with Crippen LogP contribution in [-0.4, -0.2) is 11.3 Å². The molecule has 0 saturated heterocycles. The number of alkyl halides is 3. The van der Waals surface area contributed by atoms with Crippen molar-refractivity contribution < 1.29 is 22.4 Å². The molecule has 3 nitrogen and oxygen atoms in total. The predicted molar refractivity (Wildman–Crippen MR) is 53.5 cm³/mol. The van der Waals surface area contributed by atoms with Crippen molar-refractivity contribution in [1.82, 2.24) is 4.98 Å². The highest BCUT2D eigenvalue weighted by Crippen LogP contribution is 2.35. The van der Waals surface area contributed by atoms with Gasteiger partial charge in [0, 0.05) is 5.69 Å². The molecule has 6 heteroatoms. The topological polar surface area (TPSA) is 43.1 Å². The van der Waals surface area contributed by atoms with E-state index in [1.54, 1.807) is 0 Å². The quantitative estimate of drug-likeness (QED) is 0.761. The van der Waals surface area contributed by atoms with Crippen LogP contribution in [0.15, 0.2) is 16.5 Å². The summed E-state index contributed by atoms with van der Waals surface area (Å²) in [6.07, 6.45) is -3.96. The number of nitrogens with zero attached hydrogens (tertiary/aromatic N) is 1. The SMILES string of the molecule is Cc1cc(C(F)(F)F)c2cc(CC=O)oc2n1. The summed E-state index contributed by atoms with van der Waals surface area (Å²) in [6.45, 7) is 1.45. The Balaban J connectivity index is 2.70. The normalized spacial score (nSPS) is 12.0. The highest BCUT2D eigenvalue weighted by atomic mass is 19.4. The van der Waals surface area contributed by atoms with Crippen molar-refractivity contribution in [2.24, 2.45) is 0 Å². The van der Waals surface area contributed by atoms with E-state index in [1.807, 2.05) is 0 Å². The number of fused-ring (bicyclic) bond motifs is 1. The number of aldehydes is 1. The molecule has 0 spiro atoms.